The van der Waals surface area contributed by atoms with E-state index in [4.69, 9.17) is 13.9 Å². The highest BCUT2D eigenvalue weighted by molar-refractivity contribution is 7.89. The van der Waals surface area contributed by atoms with Gasteiger partial charge in [-0.25, -0.2) is 13.1 Å². The van der Waals surface area contributed by atoms with E-state index in [0.29, 0.717) is 24.7 Å². The molecular formula is C18H23NO5S. The standard InChI is InChI=1S/C18H23NO5S/c1-3-22-17-9-8-13(12-18(17)23-4-2)25(20,21)19-15-6-5-7-16-14(15)10-11-24-16/h8-12,15,19H,3-7H2,1-2H3. The lowest BCUT2D eigenvalue weighted by atomic mass is 9.94. The molecule has 0 radical (unpaired) electrons. The predicted molar refractivity (Wildman–Crippen MR) is 93.5 cm³/mol. The number of nitrogens with one attached hydrogen (secondary N) is 1. The summed E-state index contributed by atoms with van der Waals surface area (Å²) in [4.78, 5) is 0.162. The number of hydrogen-bond acceptors (Lipinski definition) is 5. The highest BCUT2D eigenvalue weighted by Gasteiger charge is 2.28. The maximum Gasteiger partial charge on any atom is 0.241 e. The molecule has 0 bridgehead atoms. The SMILES string of the molecule is CCOc1ccc(S(=O)(=O)NC2CCCc3occc32)cc1OCC. The molecule has 0 aliphatic heterocycles. The van der Waals surface area contributed by atoms with Gasteiger partial charge in [0.2, 0.25) is 10.0 Å². The Bertz CT molecular complexity index is 828. The van der Waals surface area contributed by atoms with Gasteiger partial charge in [-0.05, 0) is 44.9 Å². The second kappa shape index (κ2) is 7.49. The molecule has 1 N–H and O–H groups in total. The summed E-state index contributed by atoms with van der Waals surface area (Å²) in [7, 11) is -3.68. The molecule has 3 rings (SSSR count). The van der Waals surface area contributed by atoms with E-state index in [1.54, 1.807) is 12.3 Å². The van der Waals surface area contributed by atoms with Crippen LogP contribution in [0, 0.1) is 0 Å². The van der Waals surface area contributed by atoms with Gasteiger partial charge in [0, 0.05) is 18.1 Å². The second-order valence-corrected chi connectivity index (χ2v) is 7.55. The summed E-state index contributed by atoms with van der Waals surface area (Å²) < 4.78 is 44.9. The molecule has 1 atom stereocenters. The van der Waals surface area contributed by atoms with E-state index in [0.717, 1.165) is 30.6 Å². The van der Waals surface area contributed by atoms with Crippen LogP contribution in [0.1, 0.15) is 44.1 Å². The molecule has 0 amide bonds. The fraction of sp³-hybridized carbons (Fsp3) is 0.444. The summed E-state index contributed by atoms with van der Waals surface area (Å²) in [6.07, 6.45) is 4.10. The summed E-state index contributed by atoms with van der Waals surface area (Å²) >= 11 is 0. The lowest BCUT2D eigenvalue weighted by molar-refractivity contribution is 0.287. The van der Waals surface area contributed by atoms with Crippen molar-refractivity contribution in [2.24, 2.45) is 0 Å². The summed E-state index contributed by atoms with van der Waals surface area (Å²) in [6.45, 7) is 4.62. The van der Waals surface area contributed by atoms with Crippen molar-refractivity contribution >= 4 is 10.0 Å². The molecule has 0 saturated carbocycles. The molecule has 25 heavy (non-hydrogen) atoms. The van der Waals surface area contributed by atoms with Gasteiger partial charge in [0.05, 0.1) is 30.4 Å². The van der Waals surface area contributed by atoms with E-state index in [2.05, 4.69) is 4.72 Å². The Hall–Kier alpha value is -1.99. The Morgan fingerprint density at radius 1 is 1.16 bits per heavy atom. The van der Waals surface area contributed by atoms with Crippen LogP contribution in [0.2, 0.25) is 0 Å². The number of sulfonamides is 1. The first-order chi connectivity index (χ1) is 12.0. The van der Waals surface area contributed by atoms with Crippen LogP contribution in [0.5, 0.6) is 11.5 Å². The molecule has 1 aromatic carbocycles. The molecule has 7 heteroatoms. The fourth-order valence-electron chi connectivity index (χ4n) is 3.06. The number of benzene rings is 1. The molecule has 1 aliphatic rings. The molecule has 0 spiro atoms. The average Bonchev–Trinajstić information content (AvgIpc) is 3.06. The molecule has 1 aliphatic carbocycles. The van der Waals surface area contributed by atoms with E-state index < -0.39 is 10.0 Å². The molecule has 2 aromatic rings. The first kappa shape index (κ1) is 17.8. The van der Waals surface area contributed by atoms with Crippen molar-refractivity contribution < 1.29 is 22.3 Å². The lowest BCUT2D eigenvalue weighted by Crippen LogP contribution is -2.30. The Kier molecular flexibility index (Phi) is 5.34. The summed E-state index contributed by atoms with van der Waals surface area (Å²) in [6, 6.07) is 6.25. The van der Waals surface area contributed by atoms with Crippen LogP contribution in [0.15, 0.2) is 39.8 Å². The average molecular weight is 365 g/mol. The third kappa shape index (κ3) is 3.82. The van der Waals surface area contributed by atoms with Crippen molar-refractivity contribution in [3.8, 4) is 11.5 Å². The zero-order chi connectivity index (χ0) is 17.9. The minimum atomic E-state index is -3.68. The molecule has 0 fully saturated rings. The third-order valence-corrected chi connectivity index (χ3v) is 5.64. The van der Waals surface area contributed by atoms with E-state index in [1.165, 1.54) is 12.1 Å². The van der Waals surface area contributed by atoms with Gasteiger partial charge in [0.1, 0.15) is 5.76 Å². The largest absolute Gasteiger partial charge is 0.490 e. The quantitative estimate of drug-likeness (QED) is 0.813. The monoisotopic (exact) mass is 365 g/mol. The first-order valence-electron chi connectivity index (χ1n) is 8.53. The van der Waals surface area contributed by atoms with Crippen molar-refractivity contribution in [1.82, 2.24) is 4.72 Å². The Morgan fingerprint density at radius 3 is 2.68 bits per heavy atom. The van der Waals surface area contributed by atoms with E-state index in [-0.39, 0.29) is 10.9 Å². The van der Waals surface area contributed by atoms with Gasteiger partial charge in [-0.2, -0.15) is 0 Å². The van der Waals surface area contributed by atoms with Gasteiger partial charge in [-0.3, -0.25) is 0 Å². The minimum absolute atomic E-state index is 0.162. The maximum atomic E-state index is 12.8. The third-order valence-electron chi connectivity index (χ3n) is 4.17. The number of rotatable bonds is 7. The van der Waals surface area contributed by atoms with Crippen molar-refractivity contribution in [1.29, 1.82) is 0 Å². The van der Waals surface area contributed by atoms with Crippen molar-refractivity contribution in [2.45, 2.75) is 44.0 Å². The molecule has 1 unspecified atom stereocenters. The van der Waals surface area contributed by atoms with Gasteiger partial charge in [0.15, 0.2) is 11.5 Å². The lowest BCUT2D eigenvalue weighted by Gasteiger charge is -2.23. The maximum absolute atomic E-state index is 12.8. The minimum Gasteiger partial charge on any atom is -0.490 e. The zero-order valence-electron chi connectivity index (χ0n) is 14.4. The molecular weight excluding hydrogens is 342 g/mol. The summed E-state index contributed by atoms with van der Waals surface area (Å²) in [5.74, 6) is 1.83. The van der Waals surface area contributed by atoms with Crippen LogP contribution >= 0.6 is 0 Å². The first-order valence-corrected chi connectivity index (χ1v) is 10.0. The Morgan fingerprint density at radius 2 is 1.92 bits per heavy atom. The van der Waals surface area contributed by atoms with Crippen LogP contribution in [-0.2, 0) is 16.4 Å². The molecule has 6 nitrogen and oxygen atoms in total. The molecule has 0 saturated heterocycles. The normalized spacial score (nSPS) is 17.1. The molecule has 136 valence electrons. The number of furan rings is 1. The number of hydrogen-bond donors (Lipinski definition) is 1. The van der Waals surface area contributed by atoms with Gasteiger partial charge in [-0.15, -0.1) is 0 Å². The van der Waals surface area contributed by atoms with E-state index in [9.17, 15) is 8.42 Å². The second-order valence-electron chi connectivity index (χ2n) is 5.84. The Labute approximate surface area is 148 Å². The van der Waals surface area contributed by atoms with Gasteiger partial charge in [-0.1, -0.05) is 0 Å². The van der Waals surface area contributed by atoms with E-state index >= 15 is 0 Å². The Balaban J connectivity index is 1.87. The van der Waals surface area contributed by atoms with Crippen molar-refractivity contribution in [3.05, 3.63) is 41.9 Å². The van der Waals surface area contributed by atoms with Crippen LogP contribution in [0.25, 0.3) is 0 Å². The zero-order valence-corrected chi connectivity index (χ0v) is 15.3. The molecule has 1 aromatic heterocycles. The van der Waals surface area contributed by atoms with Crippen molar-refractivity contribution in [2.75, 3.05) is 13.2 Å². The van der Waals surface area contributed by atoms with Gasteiger partial charge < -0.3 is 13.9 Å². The van der Waals surface area contributed by atoms with Crippen LogP contribution in [-0.4, -0.2) is 21.6 Å². The highest BCUT2D eigenvalue weighted by atomic mass is 32.2. The fourth-order valence-corrected chi connectivity index (χ4v) is 4.33. The van der Waals surface area contributed by atoms with Crippen LogP contribution < -0.4 is 14.2 Å². The van der Waals surface area contributed by atoms with Crippen molar-refractivity contribution in [3.63, 3.8) is 0 Å². The van der Waals surface area contributed by atoms with Crippen LogP contribution in [0.3, 0.4) is 0 Å². The van der Waals surface area contributed by atoms with Crippen LogP contribution in [0.4, 0.5) is 0 Å². The highest BCUT2D eigenvalue weighted by Crippen LogP contribution is 2.34. The number of aryl methyl sites for hydroxylation is 1. The van der Waals surface area contributed by atoms with E-state index in [1.807, 2.05) is 19.9 Å². The smallest absolute Gasteiger partial charge is 0.241 e. The summed E-state index contributed by atoms with van der Waals surface area (Å²) in [5, 5.41) is 0. The summed E-state index contributed by atoms with van der Waals surface area (Å²) in [5.41, 5.74) is 0.922. The topological polar surface area (TPSA) is 77.8 Å². The molecule has 1 heterocycles. The van der Waals surface area contributed by atoms with Gasteiger partial charge in [0.25, 0.3) is 0 Å². The van der Waals surface area contributed by atoms with Gasteiger partial charge >= 0.3 is 0 Å². The predicted octanol–water partition coefficient (Wildman–Crippen LogP) is 3.43. The number of ether oxygens (including phenoxy) is 2. The number of fused-ring (bicyclic) bond motifs is 1.